The van der Waals surface area contributed by atoms with E-state index in [1.54, 1.807) is 23.1 Å². The predicted molar refractivity (Wildman–Crippen MR) is 82.8 cm³/mol. The number of amides is 2. The number of β-amino-alcohol motifs (C(OH)–C–C–N with tert-alkyl or cyclic N) is 1. The molecule has 3 unspecified atom stereocenters. The van der Waals surface area contributed by atoms with E-state index in [0.717, 1.165) is 5.69 Å². The summed E-state index contributed by atoms with van der Waals surface area (Å²) in [5, 5.41) is 15.7. The van der Waals surface area contributed by atoms with Gasteiger partial charge in [0.2, 0.25) is 11.8 Å². The molecule has 1 aromatic carbocycles. The molecule has 0 saturated carbocycles. The van der Waals surface area contributed by atoms with E-state index in [9.17, 15) is 14.7 Å². The number of carbonyl (C=O) groups is 2. The van der Waals surface area contributed by atoms with Crippen LogP contribution in [0.3, 0.4) is 0 Å². The third-order valence-electron chi connectivity index (χ3n) is 4.07. The molecule has 3 rings (SSSR count). The number of aliphatic hydroxyl groups excluding tert-OH is 1. The summed E-state index contributed by atoms with van der Waals surface area (Å²) in [6.07, 6.45) is 0.440. The molecule has 2 amide bonds. The summed E-state index contributed by atoms with van der Waals surface area (Å²) in [7, 11) is 0. The molecule has 2 aliphatic heterocycles. The zero-order valence-corrected chi connectivity index (χ0v) is 12.7. The highest BCUT2D eigenvalue weighted by atomic mass is 35.5. The van der Waals surface area contributed by atoms with Gasteiger partial charge in [0.1, 0.15) is 6.04 Å². The van der Waals surface area contributed by atoms with E-state index in [0.29, 0.717) is 31.0 Å². The predicted octanol–water partition coefficient (Wildman–Crippen LogP) is 0.284. The van der Waals surface area contributed by atoms with E-state index < -0.39 is 18.2 Å². The number of anilines is 1. The first-order chi connectivity index (χ1) is 10.5. The molecule has 0 aromatic heterocycles. The number of nitrogens with one attached hydrogen (secondary N) is 2. The van der Waals surface area contributed by atoms with Gasteiger partial charge in [0.15, 0.2) is 0 Å². The fourth-order valence-electron chi connectivity index (χ4n) is 2.90. The maximum absolute atomic E-state index is 12.4. The molecule has 3 N–H and O–H groups in total. The lowest BCUT2D eigenvalue weighted by molar-refractivity contribution is -0.127. The van der Waals surface area contributed by atoms with Crippen LogP contribution in [0.5, 0.6) is 0 Å². The topological polar surface area (TPSA) is 81.7 Å². The Morgan fingerprint density at radius 1 is 1.45 bits per heavy atom. The summed E-state index contributed by atoms with van der Waals surface area (Å²) in [6, 6.07) is 6.15. The van der Waals surface area contributed by atoms with Crippen molar-refractivity contribution in [3.8, 4) is 0 Å². The van der Waals surface area contributed by atoms with Crippen molar-refractivity contribution in [1.29, 1.82) is 0 Å². The Kier molecular flexibility index (Phi) is 4.33. The van der Waals surface area contributed by atoms with Crippen LogP contribution in [0.2, 0.25) is 5.02 Å². The quantitative estimate of drug-likeness (QED) is 0.746. The number of benzene rings is 1. The minimum atomic E-state index is -0.522. The molecular formula is C15H18ClN3O3. The Morgan fingerprint density at radius 2 is 2.27 bits per heavy atom. The molecule has 1 aromatic rings. The van der Waals surface area contributed by atoms with E-state index in [1.165, 1.54) is 0 Å². The average molecular weight is 324 g/mol. The first-order valence-electron chi connectivity index (χ1n) is 7.33. The van der Waals surface area contributed by atoms with Crippen LogP contribution in [0.4, 0.5) is 5.69 Å². The summed E-state index contributed by atoms with van der Waals surface area (Å²) in [5.74, 6) is -0.364. The van der Waals surface area contributed by atoms with Crippen molar-refractivity contribution in [3.05, 3.63) is 29.3 Å². The lowest BCUT2D eigenvalue weighted by Crippen LogP contribution is -2.48. The second kappa shape index (κ2) is 6.24. The molecule has 6 nitrogen and oxygen atoms in total. The molecule has 0 bridgehead atoms. The zero-order valence-electron chi connectivity index (χ0n) is 12.0. The maximum Gasteiger partial charge on any atom is 0.249 e. The van der Waals surface area contributed by atoms with Gasteiger partial charge in [-0.1, -0.05) is 17.7 Å². The number of aliphatic hydroxyl groups is 1. The van der Waals surface area contributed by atoms with E-state index in [-0.39, 0.29) is 11.8 Å². The number of nitrogens with zero attached hydrogens (tertiary/aromatic N) is 1. The normalized spacial score (nSPS) is 28.2. The molecule has 7 heteroatoms. The van der Waals surface area contributed by atoms with Crippen LogP contribution >= 0.6 is 11.6 Å². The molecule has 0 radical (unpaired) electrons. The van der Waals surface area contributed by atoms with Gasteiger partial charge in [-0.15, -0.1) is 0 Å². The molecular weight excluding hydrogens is 306 g/mol. The van der Waals surface area contributed by atoms with Crippen LogP contribution in [-0.2, 0) is 9.59 Å². The fraction of sp³-hybridized carbons (Fsp3) is 0.467. The van der Waals surface area contributed by atoms with Gasteiger partial charge in [-0.2, -0.15) is 0 Å². The first-order valence-corrected chi connectivity index (χ1v) is 7.71. The van der Waals surface area contributed by atoms with Gasteiger partial charge in [0.25, 0.3) is 0 Å². The standard InChI is InChI=1S/C15H18ClN3O3/c16-9-2-1-3-10(6-9)19-5-4-12(15(19)22)18-14(21)13-7-11(20)8-17-13/h1-3,6,11-13,17,20H,4-5,7-8H2,(H,18,21). The highest BCUT2D eigenvalue weighted by Crippen LogP contribution is 2.24. The van der Waals surface area contributed by atoms with Crippen LogP contribution in [0, 0.1) is 0 Å². The van der Waals surface area contributed by atoms with Gasteiger partial charge in [-0.3, -0.25) is 9.59 Å². The lowest BCUT2D eigenvalue weighted by Gasteiger charge is -2.18. The van der Waals surface area contributed by atoms with Crippen molar-refractivity contribution in [2.45, 2.75) is 31.0 Å². The number of rotatable bonds is 3. The number of hydrogen-bond donors (Lipinski definition) is 3. The van der Waals surface area contributed by atoms with Gasteiger partial charge in [0, 0.05) is 23.8 Å². The summed E-state index contributed by atoms with van der Waals surface area (Å²) in [4.78, 5) is 26.2. The molecule has 3 atom stereocenters. The summed E-state index contributed by atoms with van der Waals surface area (Å²) < 4.78 is 0. The minimum absolute atomic E-state index is 0.130. The Morgan fingerprint density at radius 3 is 2.95 bits per heavy atom. The van der Waals surface area contributed by atoms with Crippen LogP contribution in [0.25, 0.3) is 0 Å². The Hall–Kier alpha value is -1.63. The molecule has 0 aliphatic carbocycles. The summed E-state index contributed by atoms with van der Waals surface area (Å²) in [6.45, 7) is 0.955. The molecule has 0 spiro atoms. The van der Waals surface area contributed by atoms with Crippen LogP contribution < -0.4 is 15.5 Å². The SMILES string of the molecule is O=C(NC1CCN(c2cccc(Cl)c2)C1=O)C1CC(O)CN1. The highest BCUT2D eigenvalue weighted by Gasteiger charge is 2.36. The number of hydrogen-bond acceptors (Lipinski definition) is 4. The number of halogens is 1. The third-order valence-corrected chi connectivity index (χ3v) is 4.30. The maximum atomic E-state index is 12.4. The smallest absolute Gasteiger partial charge is 0.249 e. The lowest BCUT2D eigenvalue weighted by atomic mass is 10.1. The van der Waals surface area contributed by atoms with Gasteiger partial charge in [-0.05, 0) is 31.0 Å². The molecule has 2 heterocycles. The largest absolute Gasteiger partial charge is 0.392 e. The van der Waals surface area contributed by atoms with Crippen molar-refractivity contribution in [2.75, 3.05) is 18.0 Å². The van der Waals surface area contributed by atoms with E-state index in [4.69, 9.17) is 11.6 Å². The monoisotopic (exact) mass is 323 g/mol. The van der Waals surface area contributed by atoms with E-state index in [1.807, 2.05) is 6.07 Å². The Bertz CT molecular complexity index is 595. The molecule has 22 heavy (non-hydrogen) atoms. The van der Waals surface area contributed by atoms with Crippen molar-refractivity contribution >= 4 is 29.1 Å². The highest BCUT2D eigenvalue weighted by molar-refractivity contribution is 6.31. The fourth-order valence-corrected chi connectivity index (χ4v) is 3.09. The Balaban J connectivity index is 1.63. The second-order valence-corrected chi connectivity index (χ2v) is 6.11. The zero-order chi connectivity index (χ0) is 15.7. The summed E-state index contributed by atoms with van der Waals surface area (Å²) in [5.41, 5.74) is 0.740. The van der Waals surface area contributed by atoms with Crippen LogP contribution in [0.15, 0.2) is 24.3 Å². The first kappa shape index (κ1) is 15.3. The van der Waals surface area contributed by atoms with Gasteiger partial charge in [-0.25, -0.2) is 0 Å². The van der Waals surface area contributed by atoms with Gasteiger partial charge < -0.3 is 20.6 Å². The van der Waals surface area contributed by atoms with Crippen molar-refractivity contribution in [2.24, 2.45) is 0 Å². The molecule has 118 valence electrons. The van der Waals surface area contributed by atoms with Crippen molar-refractivity contribution < 1.29 is 14.7 Å². The molecule has 2 aliphatic rings. The second-order valence-electron chi connectivity index (χ2n) is 5.67. The Labute approximate surface area is 133 Å². The average Bonchev–Trinajstić information content (AvgIpc) is 3.06. The van der Waals surface area contributed by atoms with Gasteiger partial charge in [0.05, 0.1) is 12.1 Å². The number of carbonyl (C=O) groups excluding carboxylic acids is 2. The molecule has 2 fully saturated rings. The third kappa shape index (κ3) is 3.09. The minimum Gasteiger partial charge on any atom is -0.392 e. The summed E-state index contributed by atoms with van der Waals surface area (Å²) >= 11 is 5.95. The van der Waals surface area contributed by atoms with E-state index >= 15 is 0 Å². The molecule has 2 saturated heterocycles. The van der Waals surface area contributed by atoms with Crippen molar-refractivity contribution in [1.82, 2.24) is 10.6 Å². The van der Waals surface area contributed by atoms with Crippen LogP contribution in [-0.4, -0.2) is 48.2 Å². The van der Waals surface area contributed by atoms with Crippen LogP contribution in [0.1, 0.15) is 12.8 Å². The van der Waals surface area contributed by atoms with Crippen molar-refractivity contribution in [3.63, 3.8) is 0 Å². The van der Waals surface area contributed by atoms with Gasteiger partial charge >= 0.3 is 0 Å². The van der Waals surface area contributed by atoms with E-state index in [2.05, 4.69) is 10.6 Å².